The molecule has 1 aromatic carbocycles. The molecule has 2 aromatic heterocycles. The van der Waals surface area contributed by atoms with Crippen molar-refractivity contribution in [1.29, 1.82) is 0 Å². The van der Waals surface area contributed by atoms with Crippen molar-refractivity contribution in [2.24, 2.45) is 0 Å². The number of nitrogens with one attached hydrogen (secondary N) is 2. The highest BCUT2D eigenvalue weighted by atomic mass is 16.6. The Bertz CT molecular complexity index is 1290. The van der Waals surface area contributed by atoms with Gasteiger partial charge in [-0.3, -0.25) is 19.9 Å². The van der Waals surface area contributed by atoms with Crippen molar-refractivity contribution >= 4 is 29.8 Å². The largest absolute Gasteiger partial charge is 0.478 e. The number of aromatic carboxylic acids is 2. The van der Waals surface area contributed by atoms with Gasteiger partial charge in [0.1, 0.15) is 17.2 Å². The third-order valence-electron chi connectivity index (χ3n) is 3.88. The predicted octanol–water partition coefficient (Wildman–Crippen LogP) is 1.80. The fraction of sp³-hybridized carbons (Fsp3) is 0. The Morgan fingerprint density at radius 2 is 1.63 bits per heavy atom. The molecule has 0 aliphatic heterocycles. The van der Waals surface area contributed by atoms with Gasteiger partial charge in [0.2, 0.25) is 0 Å². The van der Waals surface area contributed by atoms with Gasteiger partial charge in [-0.25, -0.2) is 14.4 Å². The molecule has 0 atom stereocenters. The normalized spacial score (nSPS) is 10.9. The van der Waals surface area contributed by atoms with Gasteiger partial charge in [0, 0.05) is 5.56 Å². The fourth-order valence-electron chi connectivity index (χ4n) is 2.58. The summed E-state index contributed by atoms with van der Waals surface area (Å²) in [6.07, 6.45) is 2.33. The van der Waals surface area contributed by atoms with Crippen LogP contribution in [0.5, 0.6) is 0 Å². The number of carbonyl (C=O) groups is 2. The number of hydrogen-bond donors (Lipinski definition) is 4. The summed E-state index contributed by atoms with van der Waals surface area (Å²) in [6.45, 7) is 0. The molecule has 3 aromatic rings. The summed E-state index contributed by atoms with van der Waals surface area (Å²) in [7, 11) is 0. The molecule has 0 spiro atoms. The molecule has 0 unspecified atom stereocenters. The molecular weight excluding hydrogens is 402 g/mol. The molecule has 0 aliphatic rings. The lowest BCUT2D eigenvalue weighted by molar-refractivity contribution is -0.386. The minimum atomic E-state index is -1.32. The van der Waals surface area contributed by atoms with Crippen molar-refractivity contribution in [3.8, 4) is 11.3 Å². The fourth-order valence-corrected chi connectivity index (χ4v) is 2.58. The van der Waals surface area contributed by atoms with Crippen molar-refractivity contribution in [2.75, 3.05) is 0 Å². The number of carboxylic acid groups (broad SMARTS) is 2. The average Bonchev–Trinajstić information content (AvgIpc) is 3.14. The molecule has 3 rings (SSSR count). The Morgan fingerprint density at radius 1 is 1.00 bits per heavy atom. The number of carboxylic acids is 2. The van der Waals surface area contributed by atoms with E-state index in [1.54, 1.807) is 4.98 Å². The molecule has 0 amide bonds. The standard InChI is InChI=1S/C18H11N3O9/c22-15-14(21(28)29)12(19-18(27)20-15)3-1-11-2-4-13(30-11)8-5-9(16(23)24)7-10(6-8)17(25)26/h1-7H,(H,23,24)(H,25,26)(H2,19,20,22,27)/b3-1-. The van der Waals surface area contributed by atoms with Crippen LogP contribution in [-0.2, 0) is 0 Å². The van der Waals surface area contributed by atoms with E-state index in [9.17, 15) is 29.3 Å². The summed E-state index contributed by atoms with van der Waals surface area (Å²) in [5.41, 5.74) is -3.65. The molecular formula is C18H11N3O9. The van der Waals surface area contributed by atoms with Crippen LogP contribution in [0.25, 0.3) is 23.5 Å². The number of hydrogen-bond acceptors (Lipinski definition) is 7. The third kappa shape index (κ3) is 4.06. The summed E-state index contributed by atoms with van der Waals surface area (Å²) < 4.78 is 5.50. The Hall–Kier alpha value is -4.74. The lowest BCUT2D eigenvalue weighted by Gasteiger charge is -2.03. The second-order valence-corrected chi connectivity index (χ2v) is 5.87. The predicted molar refractivity (Wildman–Crippen MR) is 101 cm³/mol. The highest BCUT2D eigenvalue weighted by Gasteiger charge is 2.19. The number of aromatic nitrogens is 2. The van der Waals surface area contributed by atoms with Crippen LogP contribution in [0.2, 0.25) is 0 Å². The Labute approximate surface area is 164 Å². The van der Waals surface area contributed by atoms with Crippen molar-refractivity contribution in [2.45, 2.75) is 0 Å². The molecule has 12 heteroatoms. The quantitative estimate of drug-likeness (QED) is 0.344. The SMILES string of the molecule is O=C(O)c1cc(C(=O)O)cc(-c2ccc(/C=C\c3[nH]c(=O)[nH]c(=O)c3[N+](=O)[O-])o2)c1. The van der Waals surface area contributed by atoms with E-state index in [1.807, 2.05) is 0 Å². The molecule has 0 fully saturated rings. The van der Waals surface area contributed by atoms with Gasteiger partial charge in [-0.05, 0) is 42.5 Å². The zero-order valence-corrected chi connectivity index (χ0v) is 14.7. The van der Waals surface area contributed by atoms with Crippen molar-refractivity contribution < 1.29 is 29.1 Å². The first-order chi connectivity index (χ1) is 14.2. The van der Waals surface area contributed by atoms with Crippen LogP contribution >= 0.6 is 0 Å². The summed E-state index contributed by atoms with van der Waals surface area (Å²) in [5, 5.41) is 29.3. The molecule has 2 heterocycles. The van der Waals surface area contributed by atoms with Crippen LogP contribution in [0.4, 0.5) is 5.69 Å². The van der Waals surface area contributed by atoms with E-state index < -0.39 is 33.8 Å². The first kappa shape index (κ1) is 20.0. The van der Waals surface area contributed by atoms with Gasteiger partial charge < -0.3 is 19.6 Å². The van der Waals surface area contributed by atoms with Crippen LogP contribution in [-0.4, -0.2) is 37.0 Å². The van der Waals surface area contributed by atoms with E-state index in [-0.39, 0.29) is 33.9 Å². The molecule has 0 saturated heterocycles. The summed E-state index contributed by atoms with van der Waals surface area (Å²) in [4.78, 5) is 59.4. The van der Waals surface area contributed by atoms with Crippen LogP contribution < -0.4 is 11.2 Å². The van der Waals surface area contributed by atoms with E-state index in [4.69, 9.17) is 14.6 Å². The van der Waals surface area contributed by atoms with Gasteiger partial charge in [-0.2, -0.15) is 0 Å². The van der Waals surface area contributed by atoms with E-state index in [0.29, 0.717) is 0 Å². The van der Waals surface area contributed by atoms with Crippen molar-refractivity contribution in [1.82, 2.24) is 9.97 Å². The van der Waals surface area contributed by atoms with Gasteiger partial charge >= 0.3 is 28.9 Å². The maximum Gasteiger partial charge on any atom is 0.357 e. The van der Waals surface area contributed by atoms with Gasteiger partial charge in [0.15, 0.2) is 0 Å². The van der Waals surface area contributed by atoms with E-state index in [2.05, 4.69) is 4.98 Å². The monoisotopic (exact) mass is 413 g/mol. The Balaban J connectivity index is 2.00. The number of furan rings is 1. The van der Waals surface area contributed by atoms with Gasteiger partial charge in [0.05, 0.1) is 16.1 Å². The minimum Gasteiger partial charge on any atom is -0.478 e. The van der Waals surface area contributed by atoms with E-state index in [0.717, 1.165) is 12.1 Å². The highest BCUT2D eigenvalue weighted by Crippen LogP contribution is 2.26. The van der Waals surface area contributed by atoms with Crippen LogP contribution in [0.3, 0.4) is 0 Å². The highest BCUT2D eigenvalue weighted by molar-refractivity contribution is 5.95. The second-order valence-electron chi connectivity index (χ2n) is 5.87. The van der Waals surface area contributed by atoms with Crippen LogP contribution in [0.1, 0.15) is 32.2 Å². The van der Waals surface area contributed by atoms with Crippen molar-refractivity contribution in [3.05, 3.63) is 83.9 Å². The molecule has 152 valence electrons. The molecule has 0 saturated carbocycles. The summed E-state index contributed by atoms with van der Waals surface area (Å²) >= 11 is 0. The summed E-state index contributed by atoms with van der Waals surface area (Å²) in [5.74, 6) is -2.37. The van der Waals surface area contributed by atoms with Crippen LogP contribution in [0, 0.1) is 10.1 Å². The molecule has 12 nitrogen and oxygen atoms in total. The number of rotatable bonds is 6. The Morgan fingerprint density at radius 3 is 2.20 bits per heavy atom. The second kappa shape index (κ2) is 7.71. The third-order valence-corrected chi connectivity index (χ3v) is 3.88. The Kier molecular flexibility index (Phi) is 5.14. The smallest absolute Gasteiger partial charge is 0.357 e. The summed E-state index contributed by atoms with van der Waals surface area (Å²) in [6, 6.07) is 6.30. The number of H-pyrrole nitrogens is 2. The zero-order chi connectivity index (χ0) is 22.0. The molecule has 4 N–H and O–H groups in total. The molecule has 0 radical (unpaired) electrons. The number of nitrogens with zero attached hydrogens (tertiary/aromatic N) is 1. The maximum absolute atomic E-state index is 11.6. The topological polar surface area (TPSA) is 197 Å². The van der Waals surface area contributed by atoms with E-state index in [1.165, 1.54) is 30.3 Å². The van der Waals surface area contributed by atoms with Crippen LogP contribution in [0.15, 0.2) is 44.3 Å². The molecule has 0 bridgehead atoms. The van der Waals surface area contributed by atoms with Gasteiger partial charge in [-0.1, -0.05) is 0 Å². The van der Waals surface area contributed by atoms with Gasteiger partial charge in [0.25, 0.3) is 0 Å². The molecule has 0 aliphatic carbocycles. The lowest BCUT2D eigenvalue weighted by atomic mass is 10.0. The number of aromatic amines is 2. The minimum absolute atomic E-state index is 0.133. The first-order valence-electron chi connectivity index (χ1n) is 8.06. The van der Waals surface area contributed by atoms with E-state index >= 15 is 0 Å². The number of nitro groups is 1. The van der Waals surface area contributed by atoms with Crippen molar-refractivity contribution in [3.63, 3.8) is 0 Å². The lowest BCUT2D eigenvalue weighted by Crippen LogP contribution is -2.25. The average molecular weight is 413 g/mol. The van der Waals surface area contributed by atoms with Gasteiger partial charge in [-0.15, -0.1) is 0 Å². The first-order valence-corrected chi connectivity index (χ1v) is 8.06. The maximum atomic E-state index is 11.6. The number of benzene rings is 1. The zero-order valence-electron chi connectivity index (χ0n) is 14.7. The molecule has 30 heavy (non-hydrogen) atoms.